The number of furan rings is 1. The first-order valence-corrected chi connectivity index (χ1v) is 10.5. The second-order valence-electron chi connectivity index (χ2n) is 7.44. The number of nitrogens with zero attached hydrogens (tertiary/aromatic N) is 2. The molecule has 0 aliphatic carbocycles. The van der Waals surface area contributed by atoms with Gasteiger partial charge in [0, 0.05) is 18.8 Å². The van der Waals surface area contributed by atoms with Gasteiger partial charge in [0.2, 0.25) is 0 Å². The van der Waals surface area contributed by atoms with Crippen LogP contribution in [0.15, 0.2) is 77.5 Å². The van der Waals surface area contributed by atoms with Crippen LogP contribution in [0.4, 0.5) is 5.69 Å². The summed E-state index contributed by atoms with van der Waals surface area (Å²) < 4.78 is 17.6. The summed E-state index contributed by atoms with van der Waals surface area (Å²) >= 11 is 0. The lowest BCUT2D eigenvalue weighted by Crippen LogP contribution is -2.25. The normalized spacial score (nSPS) is 10.5. The SMILES string of the molecule is COc1ccc(OCc2ccc(C(=O)Nc3cn(C)nc3C(=O)NCc3ccco3)cc2)cc1. The summed E-state index contributed by atoms with van der Waals surface area (Å²) in [6.07, 6.45) is 3.11. The van der Waals surface area contributed by atoms with Gasteiger partial charge < -0.3 is 24.5 Å². The predicted molar refractivity (Wildman–Crippen MR) is 125 cm³/mol. The van der Waals surface area contributed by atoms with Crippen molar-refractivity contribution in [2.75, 3.05) is 12.4 Å². The molecule has 4 rings (SSSR count). The van der Waals surface area contributed by atoms with Gasteiger partial charge in [-0.15, -0.1) is 0 Å². The Labute approximate surface area is 196 Å². The summed E-state index contributed by atoms with van der Waals surface area (Å²) in [5.41, 5.74) is 1.79. The second kappa shape index (κ2) is 10.4. The van der Waals surface area contributed by atoms with E-state index in [-0.39, 0.29) is 18.1 Å². The monoisotopic (exact) mass is 460 g/mol. The molecule has 9 nitrogen and oxygen atoms in total. The molecule has 2 aromatic carbocycles. The lowest BCUT2D eigenvalue weighted by molar-refractivity contribution is 0.0943. The molecule has 0 radical (unpaired) electrons. The Morgan fingerprint density at radius 1 is 1.00 bits per heavy atom. The number of aromatic nitrogens is 2. The van der Waals surface area contributed by atoms with Crippen LogP contribution in [-0.4, -0.2) is 28.7 Å². The van der Waals surface area contributed by atoms with Gasteiger partial charge in [0.05, 0.1) is 25.6 Å². The van der Waals surface area contributed by atoms with Crippen LogP contribution >= 0.6 is 0 Å². The van der Waals surface area contributed by atoms with E-state index in [1.54, 1.807) is 44.6 Å². The number of anilines is 1. The zero-order valence-electron chi connectivity index (χ0n) is 18.8. The fourth-order valence-electron chi connectivity index (χ4n) is 3.20. The number of hydrogen-bond acceptors (Lipinski definition) is 6. The minimum atomic E-state index is -0.418. The van der Waals surface area contributed by atoms with Crippen molar-refractivity contribution in [3.63, 3.8) is 0 Å². The molecule has 0 bridgehead atoms. The van der Waals surface area contributed by atoms with Crippen LogP contribution in [0.3, 0.4) is 0 Å². The van der Waals surface area contributed by atoms with E-state index >= 15 is 0 Å². The fourth-order valence-corrected chi connectivity index (χ4v) is 3.20. The maximum Gasteiger partial charge on any atom is 0.274 e. The van der Waals surface area contributed by atoms with Crippen LogP contribution in [0.25, 0.3) is 0 Å². The second-order valence-corrected chi connectivity index (χ2v) is 7.44. The Morgan fingerprint density at radius 2 is 1.74 bits per heavy atom. The third kappa shape index (κ3) is 5.63. The predicted octanol–water partition coefficient (Wildman–Crippen LogP) is 3.78. The first-order valence-electron chi connectivity index (χ1n) is 10.5. The van der Waals surface area contributed by atoms with E-state index in [9.17, 15) is 9.59 Å². The molecular weight excluding hydrogens is 436 g/mol. The molecule has 0 saturated heterocycles. The lowest BCUT2D eigenvalue weighted by Gasteiger charge is -2.09. The van der Waals surface area contributed by atoms with Crippen molar-refractivity contribution in [1.82, 2.24) is 15.1 Å². The number of nitrogens with one attached hydrogen (secondary N) is 2. The molecule has 0 fully saturated rings. The zero-order valence-corrected chi connectivity index (χ0v) is 18.8. The van der Waals surface area contributed by atoms with Gasteiger partial charge in [-0.3, -0.25) is 14.3 Å². The largest absolute Gasteiger partial charge is 0.497 e. The van der Waals surface area contributed by atoms with Crippen molar-refractivity contribution in [2.45, 2.75) is 13.2 Å². The maximum atomic E-state index is 12.8. The van der Waals surface area contributed by atoms with Crippen LogP contribution < -0.4 is 20.1 Å². The molecule has 2 N–H and O–H groups in total. The van der Waals surface area contributed by atoms with Gasteiger partial charge in [-0.2, -0.15) is 5.10 Å². The molecule has 0 spiro atoms. The number of benzene rings is 2. The highest BCUT2D eigenvalue weighted by Gasteiger charge is 2.19. The van der Waals surface area contributed by atoms with E-state index in [0.717, 1.165) is 17.1 Å². The van der Waals surface area contributed by atoms with E-state index in [4.69, 9.17) is 13.9 Å². The van der Waals surface area contributed by atoms with Gasteiger partial charge in [-0.1, -0.05) is 12.1 Å². The van der Waals surface area contributed by atoms with Crippen LogP contribution in [0.1, 0.15) is 32.2 Å². The molecule has 0 aliphatic heterocycles. The van der Waals surface area contributed by atoms with Crippen molar-refractivity contribution >= 4 is 17.5 Å². The van der Waals surface area contributed by atoms with E-state index in [1.165, 1.54) is 10.9 Å². The molecule has 0 atom stereocenters. The topological polar surface area (TPSA) is 108 Å². The van der Waals surface area contributed by atoms with Gasteiger partial charge >= 0.3 is 0 Å². The number of rotatable bonds is 9. The Kier molecular flexibility index (Phi) is 6.92. The lowest BCUT2D eigenvalue weighted by atomic mass is 10.1. The van der Waals surface area contributed by atoms with E-state index in [0.29, 0.717) is 23.6 Å². The third-order valence-corrected chi connectivity index (χ3v) is 4.98. The summed E-state index contributed by atoms with van der Waals surface area (Å²) in [6.45, 7) is 0.576. The average molecular weight is 460 g/mol. The van der Waals surface area contributed by atoms with Gasteiger partial charge in [0.15, 0.2) is 5.69 Å². The van der Waals surface area contributed by atoms with E-state index < -0.39 is 5.91 Å². The van der Waals surface area contributed by atoms with E-state index in [1.807, 2.05) is 36.4 Å². The minimum Gasteiger partial charge on any atom is -0.497 e. The highest BCUT2D eigenvalue weighted by atomic mass is 16.5. The number of methoxy groups -OCH3 is 1. The van der Waals surface area contributed by atoms with Gasteiger partial charge in [-0.25, -0.2) is 0 Å². The highest BCUT2D eigenvalue weighted by Crippen LogP contribution is 2.19. The molecule has 0 unspecified atom stereocenters. The summed E-state index contributed by atoms with van der Waals surface area (Å²) in [7, 11) is 3.29. The summed E-state index contributed by atoms with van der Waals surface area (Å²) in [4.78, 5) is 25.3. The molecule has 2 amide bonds. The number of aryl methyl sites for hydroxylation is 1. The van der Waals surface area contributed by atoms with Crippen molar-refractivity contribution in [3.8, 4) is 11.5 Å². The minimum absolute atomic E-state index is 0.118. The Hall–Kier alpha value is -4.53. The molecule has 9 heteroatoms. The number of ether oxygens (including phenoxy) is 2. The summed E-state index contributed by atoms with van der Waals surface area (Å²) in [5, 5.41) is 9.66. The molecule has 0 aliphatic rings. The van der Waals surface area contributed by atoms with Crippen molar-refractivity contribution in [3.05, 3.63) is 95.7 Å². The Balaban J connectivity index is 1.35. The van der Waals surface area contributed by atoms with Crippen LogP contribution in [0.2, 0.25) is 0 Å². The number of amides is 2. The quantitative estimate of drug-likeness (QED) is 0.394. The first kappa shape index (κ1) is 22.7. The smallest absolute Gasteiger partial charge is 0.274 e. The first-order chi connectivity index (χ1) is 16.5. The molecule has 2 heterocycles. The molecule has 4 aromatic rings. The molecule has 34 heavy (non-hydrogen) atoms. The molecule has 0 saturated carbocycles. The maximum absolute atomic E-state index is 12.8. The summed E-state index contributed by atoms with van der Waals surface area (Å²) in [6, 6.07) is 17.9. The molecular formula is C25H24N4O5. The fraction of sp³-hybridized carbons (Fsp3) is 0.160. The van der Waals surface area contributed by atoms with Gasteiger partial charge in [0.1, 0.15) is 23.9 Å². The van der Waals surface area contributed by atoms with E-state index in [2.05, 4.69) is 15.7 Å². The Bertz CT molecular complexity index is 1250. The number of carbonyl (C=O) groups is 2. The van der Waals surface area contributed by atoms with Crippen LogP contribution in [0, 0.1) is 0 Å². The van der Waals surface area contributed by atoms with Crippen molar-refractivity contribution in [2.24, 2.45) is 7.05 Å². The Morgan fingerprint density at radius 3 is 2.41 bits per heavy atom. The van der Waals surface area contributed by atoms with Crippen molar-refractivity contribution in [1.29, 1.82) is 0 Å². The third-order valence-electron chi connectivity index (χ3n) is 4.98. The standard InChI is InChI=1S/C25H24N4O5/c1-29-15-22(23(28-29)25(31)26-14-21-4-3-13-33-21)27-24(30)18-7-5-17(6-8-18)16-34-20-11-9-19(32-2)10-12-20/h3-13,15H,14,16H2,1-2H3,(H,26,31)(H,27,30). The zero-order chi connectivity index (χ0) is 23.9. The van der Waals surface area contributed by atoms with Crippen LogP contribution in [-0.2, 0) is 20.2 Å². The number of hydrogen-bond donors (Lipinski definition) is 2. The molecule has 174 valence electrons. The van der Waals surface area contributed by atoms with Gasteiger partial charge in [-0.05, 0) is 54.1 Å². The average Bonchev–Trinajstić information content (AvgIpc) is 3.51. The highest BCUT2D eigenvalue weighted by molar-refractivity contribution is 6.08. The summed E-state index contributed by atoms with van der Waals surface area (Å²) in [5.74, 6) is 1.33. The molecule has 2 aromatic heterocycles. The van der Waals surface area contributed by atoms with Crippen molar-refractivity contribution < 1.29 is 23.5 Å². The van der Waals surface area contributed by atoms with Gasteiger partial charge in [0.25, 0.3) is 11.8 Å². The van der Waals surface area contributed by atoms with Crippen LogP contribution in [0.5, 0.6) is 11.5 Å². The number of carbonyl (C=O) groups excluding carboxylic acids is 2.